The maximum absolute atomic E-state index is 9.98. The zero-order valence-electron chi connectivity index (χ0n) is 17.2. The van der Waals surface area contributed by atoms with Gasteiger partial charge in [0.15, 0.2) is 0 Å². The topological polar surface area (TPSA) is 141 Å². The van der Waals surface area contributed by atoms with E-state index in [0.717, 1.165) is 13.2 Å². The molecule has 0 aromatic rings. The molecule has 168 valence electrons. The van der Waals surface area contributed by atoms with Crippen LogP contribution in [0.25, 0.3) is 0 Å². The quantitative estimate of drug-likeness (QED) is 0.286. The van der Waals surface area contributed by atoms with Crippen LogP contribution in [-0.2, 0) is 33.5 Å². The summed E-state index contributed by atoms with van der Waals surface area (Å²) in [6, 6.07) is 0. The van der Waals surface area contributed by atoms with E-state index < -0.39 is 16.0 Å². The first-order chi connectivity index (χ1) is 12.5. The summed E-state index contributed by atoms with van der Waals surface area (Å²) >= 11 is 0. The van der Waals surface area contributed by atoms with Crippen LogP contribution < -0.4 is 0 Å². The Morgan fingerprint density at radius 1 is 0.704 bits per heavy atom. The van der Waals surface area contributed by atoms with Crippen molar-refractivity contribution in [3.63, 3.8) is 0 Å². The van der Waals surface area contributed by atoms with E-state index in [9.17, 15) is 8.42 Å². The van der Waals surface area contributed by atoms with E-state index >= 15 is 0 Å². The molecule has 0 unspecified atom stereocenters. The van der Waals surface area contributed by atoms with Crippen molar-refractivity contribution in [1.82, 2.24) is 0 Å². The first-order valence-electron chi connectivity index (χ1n) is 8.74. The monoisotopic (exact) mass is 422 g/mol. The van der Waals surface area contributed by atoms with E-state index in [1.54, 1.807) is 0 Å². The fourth-order valence-corrected chi connectivity index (χ4v) is 1.82. The molecular formula is C16H38O10S. The van der Waals surface area contributed by atoms with Gasteiger partial charge >= 0.3 is 10.4 Å². The van der Waals surface area contributed by atoms with Crippen LogP contribution in [0.15, 0.2) is 0 Å². The number of hydrogen-bond acceptors (Lipinski definition) is 9. The van der Waals surface area contributed by atoms with Crippen LogP contribution >= 0.6 is 0 Å². The highest BCUT2D eigenvalue weighted by Crippen LogP contribution is 2.09. The molecule has 3 N–H and O–H groups in total. The molecule has 0 bridgehead atoms. The molecule has 0 aromatic heterocycles. The summed E-state index contributed by atoms with van der Waals surface area (Å²) in [7, 11) is -4.28. The predicted octanol–water partition coefficient (Wildman–Crippen LogP) is 0.668. The van der Waals surface area contributed by atoms with Crippen molar-refractivity contribution >= 4 is 10.4 Å². The maximum Gasteiger partial charge on any atom is 0.397 e. The molecule has 0 aliphatic rings. The Morgan fingerprint density at radius 2 is 1.04 bits per heavy atom. The minimum atomic E-state index is -4.28. The van der Waals surface area contributed by atoms with Crippen molar-refractivity contribution in [1.29, 1.82) is 0 Å². The van der Waals surface area contributed by atoms with E-state index in [2.05, 4.69) is 4.18 Å². The molecule has 0 saturated carbocycles. The largest absolute Gasteiger partial charge is 0.397 e. The van der Waals surface area contributed by atoms with Crippen LogP contribution in [0.3, 0.4) is 0 Å². The third kappa shape index (κ3) is 46.0. The second-order valence-electron chi connectivity index (χ2n) is 5.69. The highest BCUT2D eigenvalue weighted by Gasteiger charge is 2.18. The highest BCUT2D eigenvalue weighted by molar-refractivity contribution is 7.80. The number of rotatable bonds is 13. The van der Waals surface area contributed by atoms with Crippen LogP contribution in [0.4, 0.5) is 0 Å². The third-order valence-electron chi connectivity index (χ3n) is 1.98. The molecule has 0 aliphatic heterocycles. The van der Waals surface area contributed by atoms with Crippen molar-refractivity contribution < 1.29 is 46.3 Å². The minimum absolute atomic E-state index is 0.0413. The van der Waals surface area contributed by atoms with Gasteiger partial charge in [0.2, 0.25) is 0 Å². The molecule has 27 heavy (non-hydrogen) atoms. The molecule has 0 spiro atoms. The normalized spacial score (nSPS) is 11.3. The average molecular weight is 423 g/mol. The second kappa shape index (κ2) is 21.9. The molecule has 0 atom stereocenters. The molecule has 0 saturated heterocycles. The summed E-state index contributed by atoms with van der Waals surface area (Å²) in [6.07, 6.45) is 0. The van der Waals surface area contributed by atoms with Crippen LogP contribution in [-0.4, -0.2) is 94.9 Å². The van der Waals surface area contributed by atoms with Gasteiger partial charge in [0.25, 0.3) is 0 Å². The molecule has 0 radical (unpaired) electrons. The fourth-order valence-electron chi connectivity index (χ4n) is 1.19. The lowest BCUT2D eigenvalue weighted by molar-refractivity contribution is 0.00230. The molecule has 0 fully saturated rings. The van der Waals surface area contributed by atoms with Gasteiger partial charge in [-0.1, -0.05) is 0 Å². The summed E-state index contributed by atoms with van der Waals surface area (Å²) < 4.78 is 52.1. The van der Waals surface area contributed by atoms with Gasteiger partial charge in [-0.3, -0.25) is 4.55 Å². The van der Waals surface area contributed by atoms with Gasteiger partial charge in [0.05, 0.1) is 58.5 Å². The predicted molar refractivity (Wildman–Crippen MR) is 101 cm³/mol. The van der Waals surface area contributed by atoms with Gasteiger partial charge in [0.1, 0.15) is 0 Å². The molecule has 0 heterocycles. The van der Waals surface area contributed by atoms with Crippen LogP contribution in [0.2, 0.25) is 0 Å². The Labute approximate surface area is 163 Å². The summed E-state index contributed by atoms with van der Waals surface area (Å²) in [5.41, 5.74) is -0.854. The van der Waals surface area contributed by atoms with Crippen LogP contribution in [0.1, 0.15) is 34.6 Å². The average Bonchev–Trinajstić information content (AvgIpc) is 2.52. The van der Waals surface area contributed by atoms with Gasteiger partial charge in [-0.05, 0) is 34.6 Å². The Balaban J connectivity index is -0.000000356. The molecule has 0 rings (SSSR count). The lowest BCUT2D eigenvalue weighted by atomic mass is 10.2. The van der Waals surface area contributed by atoms with E-state index in [1.807, 2.05) is 13.8 Å². The smallest absolute Gasteiger partial charge is 0.394 e. The van der Waals surface area contributed by atoms with E-state index in [4.69, 9.17) is 33.7 Å². The third-order valence-corrected chi connectivity index (χ3v) is 2.69. The van der Waals surface area contributed by atoms with Crippen molar-refractivity contribution in [2.45, 2.75) is 40.2 Å². The Morgan fingerprint density at radius 3 is 1.19 bits per heavy atom. The lowest BCUT2D eigenvalue weighted by Gasteiger charge is -2.14. The zero-order chi connectivity index (χ0) is 21.6. The number of aliphatic hydroxyl groups is 2. The van der Waals surface area contributed by atoms with E-state index in [1.165, 1.54) is 20.8 Å². The zero-order valence-corrected chi connectivity index (χ0v) is 18.0. The summed E-state index contributed by atoms with van der Waals surface area (Å²) in [5.74, 6) is 0. The number of hydrogen-bond donors (Lipinski definition) is 3. The van der Waals surface area contributed by atoms with Crippen LogP contribution in [0.5, 0.6) is 0 Å². The summed E-state index contributed by atoms with van der Waals surface area (Å²) in [5, 5.41) is 16.7. The first-order valence-corrected chi connectivity index (χ1v) is 10.1. The van der Waals surface area contributed by atoms with Crippen molar-refractivity contribution in [3.8, 4) is 0 Å². The molecule has 0 amide bonds. The van der Waals surface area contributed by atoms with Crippen LogP contribution in [0, 0.1) is 0 Å². The van der Waals surface area contributed by atoms with Crippen molar-refractivity contribution in [3.05, 3.63) is 0 Å². The second-order valence-corrected chi connectivity index (χ2v) is 6.71. The molecule has 0 aromatic carbocycles. The Hall–Kier alpha value is -0.370. The number of aliphatic hydroxyl groups excluding tert-OH is 2. The minimum Gasteiger partial charge on any atom is -0.394 e. The van der Waals surface area contributed by atoms with Gasteiger partial charge in [-0.15, -0.1) is 0 Å². The van der Waals surface area contributed by atoms with Gasteiger partial charge in [-0.25, -0.2) is 4.18 Å². The van der Waals surface area contributed by atoms with Crippen molar-refractivity contribution in [2.75, 3.05) is 66.1 Å². The van der Waals surface area contributed by atoms with E-state index in [-0.39, 0.29) is 13.2 Å². The number of ether oxygens (including phenoxy) is 4. The Kier molecular flexibility index (Phi) is 25.4. The lowest BCUT2D eigenvalue weighted by Crippen LogP contribution is -2.23. The summed E-state index contributed by atoms with van der Waals surface area (Å²) in [4.78, 5) is 0. The van der Waals surface area contributed by atoms with Gasteiger partial charge in [0, 0.05) is 13.2 Å². The fraction of sp³-hybridized carbons (Fsp3) is 1.00. The van der Waals surface area contributed by atoms with Gasteiger partial charge in [-0.2, -0.15) is 8.42 Å². The van der Waals surface area contributed by atoms with Crippen molar-refractivity contribution in [2.24, 2.45) is 0 Å². The Bertz CT molecular complexity index is 356. The first kappa shape index (κ1) is 31.3. The molecule has 10 nitrogen and oxygen atoms in total. The highest BCUT2D eigenvalue weighted by atomic mass is 32.3. The molecule has 0 aliphatic carbocycles. The maximum atomic E-state index is 9.98. The van der Waals surface area contributed by atoms with Gasteiger partial charge < -0.3 is 29.2 Å². The van der Waals surface area contributed by atoms with E-state index in [0.29, 0.717) is 39.6 Å². The molecular weight excluding hydrogens is 384 g/mol. The summed E-state index contributed by atoms with van der Waals surface area (Å²) in [6.45, 7) is 13.0. The standard InChI is InChI=1S/C8H18O5.C4H10O4S.C4H10O/c9-1-3-11-5-7-13-8-6-12-4-2-10;1-4(2,3)8-9(5,6)7;1-3-5-4-2/h9-10H,1-8H2;1-3H3,(H,5,6,7);3-4H2,1-2H3. The molecule has 11 heteroatoms. The SMILES string of the molecule is CC(C)(C)OS(=O)(=O)O.CCOCC.OCCOCCOCCOCCO.